The Balaban J connectivity index is 0.00000272. The van der Waals surface area contributed by atoms with E-state index in [9.17, 15) is 22.6 Å². The quantitative estimate of drug-likeness (QED) is 0.264. The fraction of sp³-hybridized carbons (Fsp3) is 0.0909. The van der Waals surface area contributed by atoms with Gasteiger partial charge in [0, 0.05) is 16.8 Å². The summed E-state index contributed by atoms with van der Waals surface area (Å²) >= 11 is 0. The number of hydrogen-bond donors (Lipinski definition) is 2. The van der Waals surface area contributed by atoms with Crippen LogP contribution in [-0.4, -0.2) is 24.5 Å². The normalized spacial score (nSPS) is 12.6. The van der Waals surface area contributed by atoms with E-state index in [1.54, 1.807) is 24.3 Å². The van der Waals surface area contributed by atoms with Gasteiger partial charge in [-0.3, -0.25) is 9.59 Å². The average Bonchev–Trinajstić information content (AvgIpc) is 2.65. The summed E-state index contributed by atoms with van der Waals surface area (Å²) in [4.78, 5) is 25.6. The second-order valence-electron chi connectivity index (χ2n) is 7.25. The standard InChI is InChI=1S/C22H18N2O5S.Na/c1-11-7-12(2)9-13(8-11)24-16-10-17(30(27,28)29)20(23)19-18(16)21(25)14-5-3-4-6-15(14)22(19)26;/h3-10,24H,23H2,1-2H3,(H,27,28,29);/q;+1/p-1. The fourth-order valence-corrected chi connectivity index (χ4v) is 4.44. The van der Waals surface area contributed by atoms with Crippen molar-refractivity contribution in [1.29, 1.82) is 0 Å². The van der Waals surface area contributed by atoms with E-state index in [1.165, 1.54) is 12.1 Å². The zero-order valence-corrected chi connectivity index (χ0v) is 20.0. The molecule has 0 bridgehead atoms. The molecule has 1 aliphatic carbocycles. The minimum atomic E-state index is -4.99. The van der Waals surface area contributed by atoms with Crippen molar-refractivity contribution in [1.82, 2.24) is 0 Å². The summed E-state index contributed by atoms with van der Waals surface area (Å²) in [5.74, 6) is -1.08. The van der Waals surface area contributed by atoms with Crippen LogP contribution >= 0.6 is 0 Å². The van der Waals surface area contributed by atoms with Crippen molar-refractivity contribution >= 4 is 38.7 Å². The molecule has 4 rings (SSSR count). The molecule has 7 nitrogen and oxygen atoms in total. The maximum Gasteiger partial charge on any atom is 1.00 e. The SMILES string of the molecule is Cc1cc(C)cc(Nc2cc(S(=O)(=O)[O-])c(N)c3c2C(=O)c2ccccc2C3=O)c1.[Na+]. The first-order valence-electron chi connectivity index (χ1n) is 9.04. The molecule has 152 valence electrons. The van der Waals surface area contributed by atoms with Crippen LogP contribution in [0.5, 0.6) is 0 Å². The molecule has 0 aromatic heterocycles. The van der Waals surface area contributed by atoms with E-state index < -0.39 is 32.3 Å². The minimum absolute atomic E-state index is 0. The van der Waals surface area contributed by atoms with Crippen LogP contribution in [0.1, 0.15) is 43.0 Å². The summed E-state index contributed by atoms with van der Waals surface area (Å²) in [5.41, 5.74) is 7.87. The van der Waals surface area contributed by atoms with Gasteiger partial charge in [0.1, 0.15) is 10.1 Å². The summed E-state index contributed by atoms with van der Waals surface area (Å²) in [5, 5.41) is 3.00. The predicted molar refractivity (Wildman–Crippen MR) is 111 cm³/mol. The molecule has 0 saturated carbocycles. The Morgan fingerprint density at radius 1 is 0.871 bits per heavy atom. The average molecular weight is 444 g/mol. The Hall–Kier alpha value is -2.49. The predicted octanol–water partition coefficient (Wildman–Crippen LogP) is 0.313. The largest absolute Gasteiger partial charge is 1.00 e. The first-order valence-corrected chi connectivity index (χ1v) is 10.4. The van der Waals surface area contributed by atoms with Gasteiger partial charge in [0.15, 0.2) is 11.6 Å². The smallest absolute Gasteiger partial charge is 0.744 e. The van der Waals surface area contributed by atoms with Gasteiger partial charge in [-0.1, -0.05) is 30.3 Å². The van der Waals surface area contributed by atoms with Crippen molar-refractivity contribution in [2.75, 3.05) is 11.1 Å². The van der Waals surface area contributed by atoms with Crippen LogP contribution in [0.15, 0.2) is 53.4 Å². The third-order valence-corrected chi connectivity index (χ3v) is 5.85. The molecule has 0 unspecified atom stereocenters. The second kappa shape index (κ2) is 8.22. The molecule has 0 amide bonds. The molecule has 0 aliphatic heterocycles. The molecule has 3 N–H and O–H groups in total. The van der Waals surface area contributed by atoms with Crippen molar-refractivity contribution in [3.8, 4) is 0 Å². The number of fused-ring (bicyclic) bond motifs is 2. The van der Waals surface area contributed by atoms with Gasteiger partial charge < -0.3 is 15.6 Å². The molecule has 3 aromatic rings. The molecule has 3 aromatic carbocycles. The summed E-state index contributed by atoms with van der Waals surface area (Å²) in [6, 6.07) is 12.8. The van der Waals surface area contributed by atoms with Crippen LogP contribution < -0.4 is 40.6 Å². The Labute approximate surface area is 201 Å². The van der Waals surface area contributed by atoms with Gasteiger partial charge in [0.05, 0.1) is 27.4 Å². The topological polar surface area (TPSA) is 129 Å². The van der Waals surface area contributed by atoms with E-state index in [-0.39, 0.29) is 57.5 Å². The minimum Gasteiger partial charge on any atom is -0.744 e. The number of carbonyl (C=O) groups excluding carboxylic acids is 2. The molecule has 1 aliphatic rings. The van der Waals surface area contributed by atoms with E-state index >= 15 is 0 Å². The van der Waals surface area contributed by atoms with Crippen molar-refractivity contribution in [3.05, 3.63) is 81.9 Å². The van der Waals surface area contributed by atoms with Crippen LogP contribution in [0.3, 0.4) is 0 Å². The number of aryl methyl sites for hydroxylation is 2. The zero-order chi connectivity index (χ0) is 21.8. The van der Waals surface area contributed by atoms with E-state index in [2.05, 4.69) is 5.32 Å². The Bertz CT molecular complexity index is 1350. The molecule has 0 heterocycles. The van der Waals surface area contributed by atoms with Gasteiger partial charge in [-0.15, -0.1) is 0 Å². The zero-order valence-electron chi connectivity index (χ0n) is 17.1. The number of anilines is 3. The molecular weight excluding hydrogens is 427 g/mol. The number of carbonyl (C=O) groups is 2. The van der Waals surface area contributed by atoms with Gasteiger partial charge in [0.2, 0.25) is 0 Å². The van der Waals surface area contributed by atoms with Crippen molar-refractivity contribution in [3.63, 3.8) is 0 Å². The van der Waals surface area contributed by atoms with Gasteiger partial charge in [0.25, 0.3) is 0 Å². The van der Waals surface area contributed by atoms with E-state index in [1.807, 2.05) is 19.9 Å². The van der Waals surface area contributed by atoms with Gasteiger partial charge in [-0.05, 0) is 43.2 Å². The number of ketones is 2. The van der Waals surface area contributed by atoms with E-state index in [0.717, 1.165) is 17.2 Å². The molecular formula is C22H17N2NaO5S. The van der Waals surface area contributed by atoms with Crippen molar-refractivity contribution in [2.45, 2.75) is 18.7 Å². The van der Waals surface area contributed by atoms with Crippen LogP contribution in [0, 0.1) is 13.8 Å². The summed E-state index contributed by atoms with van der Waals surface area (Å²) in [6.45, 7) is 3.77. The monoisotopic (exact) mass is 444 g/mol. The number of benzene rings is 3. The summed E-state index contributed by atoms with van der Waals surface area (Å²) in [7, 11) is -4.99. The first-order chi connectivity index (χ1) is 14.1. The molecule has 31 heavy (non-hydrogen) atoms. The van der Waals surface area contributed by atoms with Gasteiger partial charge in [-0.25, -0.2) is 8.42 Å². The van der Waals surface area contributed by atoms with E-state index in [0.29, 0.717) is 5.69 Å². The maximum absolute atomic E-state index is 13.2. The van der Waals surface area contributed by atoms with Crippen LogP contribution in [-0.2, 0) is 10.1 Å². The van der Waals surface area contributed by atoms with Crippen molar-refractivity contribution < 1.29 is 52.1 Å². The Kier molecular flexibility index (Phi) is 6.14. The number of nitrogens with one attached hydrogen (secondary N) is 1. The number of nitrogens with two attached hydrogens (primary N) is 1. The van der Waals surface area contributed by atoms with Crippen molar-refractivity contribution in [2.24, 2.45) is 0 Å². The first kappa shape index (κ1) is 23.2. The third-order valence-electron chi connectivity index (χ3n) is 4.97. The van der Waals surface area contributed by atoms with Gasteiger partial charge in [-0.2, -0.15) is 0 Å². The fourth-order valence-electron chi connectivity index (χ4n) is 3.80. The molecule has 0 atom stereocenters. The Morgan fingerprint density at radius 2 is 1.39 bits per heavy atom. The maximum atomic E-state index is 13.2. The van der Waals surface area contributed by atoms with Gasteiger partial charge >= 0.3 is 29.6 Å². The van der Waals surface area contributed by atoms with Crippen LogP contribution in [0.2, 0.25) is 0 Å². The van der Waals surface area contributed by atoms with Crippen LogP contribution in [0.25, 0.3) is 0 Å². The number of rotatable bonds is 3. The molecule has 0 spiro atoms. The summed E-state index contributed by atoms with van der Waals surface area (Å²) in [6.07, 6.45) is 0. The van der Waals surface area contributed by atoms with E-state index in [4.69, 9.17) is 5.73 Å². The molecule has 0 fully saturated rings. The molecule has 0 radical (unpaired) electrons. The molecule has 9 heteroatoms. The number of nitrogen functional groups attached to an aromatic ring is 1. The molecule has 0 saturated heterocycles. The summed E-state index contributed by atoms with van der Waals surface area (Å²) < 4.78 is 35.5. The Morgan fingerprint density at radius 3 is 1.90 bits per heavy atom. The third kappa shape index (κ3) is 4.05. The number of hydrogen-bond acceptors (Lipinski definition) is 7. The second-order valence-corrected chi connectivity index (χ2v) is 8.59. The van der Waals surface area contributed by atoms with Crippen LogP contribution in [0.4, 0.5) is 17.1 Å².